The van der Waals surface area contributed by atoms with E-state index in [4.69, 9.17) is 4.74 Å². The summed E-state index contributed by atoms with van der Waals surface area (Å²) >= 11 is 0. The number of hydrogen-bond acceptors (Lipinski definition) is 3. The third-order valence-corrected chi connectivity index (χ3v) is 4.95. The van der Waals surface area contributed by atoms with E-state index in [1.54, 1.807) is 26.4 Å². The van der Waals surface area contributed by atoms with Crippen molar-refractivity contribution in [1.29, 1.82) is 0 Å². The van der Waals surface area contributed by atoms with Gasteiger partial charge in [0.05, 0.1) is 7.11 Å². The van der Waals surface area contributed by atoms with E-state index in [1.165, 1.54) is 16.2 Å². The van der Waals surface area contributed by atoms with Gasteiger partial charge in [-0.3, -0.25) is 9.59 Å². The molecule has 132 valence electrons. The van der Waals surface area contributed by atoms with Crippen LogP contribution < -0.4 is 10.3 Å². The number of para-hydroxylation sites is 1. The highest BCUT2D eigenvalue weighted by Crippen LogP contribution is 2.27. The molecule has 1 aliphatic rings. The highest BCUT2D eigenvalue weighted by atomic mass is 16.5. The Bertz CT molecular complexity index is 805. The summed E-state index contributed by atoms with van der Waals surface area (Å²) in [6.07, 6.45) is 4.55. The van der Waals surface area contributed by atoms with E-state index < -0.39 is 0 Å². The first-order valence-electron chi connectivity index (χ1n) is 8.66. The van der Waals surface area contributed by atoms with Crippen molar-refractivity contribution in [2.45, 2.75) is 19.3 Å². The summed E-state index contributed by atoms with van der Waals surface area (Å²) in [7, 11) is 3.38. The first-order valence-corrected chi connectivity index (χ1v) is 8.66. The molecule has 1 saturated heterocycles. The summed E-state index contributed by atoms with van der Waals surface area (Å²) in [4.78, 5) is 26.2. The highest BCUT2D eigenvalue weighted by molar-refractivity contribution is 5.94. The summed E-state index contributed by atoms with van der Waals surface area (Å²) < 4.78 is 6.90. The van der Waals surface area contributed by atoms with Gasteiger partial charge in [0.25, 0.3) is 11.5 Å². The molecule has 1 aromatic heterocycles. The van der Waals surface area contributed by atoms with E-state index in [1.807, 2.05) is 23.1 Å². The van der Waals surface area contributed by atoms with Gasteiger partial charge in [-0.25, -0.2) is 0 Å². The maximum atomic E-state index is 12.6. The third kappa shape index (κ3) is 3.92. The standard InChI is InChI=1S/C20H24N2O3/c1-21-10-9-17(14-19(21)23)20(24)22-11-7-15(8-12-22)13-16-5-3-4-6-18(16)25-2/h3-6,9-10,14-15H,7-8,11-13H2,1-2H3. The Morgan fingerprint density at radius 1 is 1.20 bits per heavy atom. The van der Waals surface area contributed by atoms with Crippen LogP contribution in [0.2, 0.25) is 0 Å². The lowest BCUT2D eigenvalue weighted by atomic mass is 9.89. The maximum Gasteiger partial charge on any atom is 0.254 e. The van der Waals surface area contributed by atoms with Crippen molar-refractivity contribution >= 4 is 5.91 Å². The Kier molecular flexibility index (Phi) is 5.22. The summed E-state index contributed by atoms with van der Waals surface area (Å²) in [5.41, 5.74) is 1.55. The molecule has 3 rings (SSSR count). The Labute approximate surface area is 147 Å². The minimum absolute atomic E-state index is 0.0477. The van der Waals surface area contributed by atoms with Crippen LogP contribution in [0.15, 0.2) is 47.4 Å². The molecule has 1 aliphatic heterocycles. The van der Waals surface area contributed by atoms with Gasteiger partial charge in [0.2, 0.25) is 0 Å². The van der Waals surface area contributed by atoms with Crippen LogP contribution in [-0.2, 0) is 13.5 Å². The van der Waals surface area contributed by atoms with Crippen LogP contribution in [0.4, 0.5) is 0 Å². The number of carbonyl (C=O) groups is 1. The second-order valence-corrected chi connectivity index (χ2v) is 6.62. The average Bonchev–Trinajstić information content (AvgIpc) is 2.64. The monoisotopic (exact) mass is 340 g/mol. The predicted molar refractivity (Wildman–Crippen MR) is 97.0 cm³/mol. The molecule has 0 aliphatic carbocycles. The van der Waals surface area contributed by atoms with Crippen molar-refractivity contribution in [3.63, 3.8) is 0 Å². The number of rotatable bonds is 4. The van der Waals surface area contributed by atoms with E-state index in [0.29, 0.717) is 11.5 Å². The number of aromatic nitrogens is 1. The van der Waals surface area contributed by atoms with Gasteiger partial charge >= 0.3 is 0 Å². The molecule has 5 nitrogen and oxygen atoms in total. The van der Waals surface area contributed by atoms with Crippen molar-refractivity contribution in [2.75, 3.05) is 20.2 Å². The zero-order valence-corrected chi connectivity index (χ0v) is 14.8. The normalized spacial score (nSPS) is 15.2. The van der Waals surface area contributed by atoms with Gasteiger partial charge in [0, 0.05) is 38.0 Å². The van der Waals surface area contributed by atoms with Crippen molar-refractivity contribution in [3.05, 3.63) is 64.1 Å². The second-order valence-electron chi connectivity index (χ2n) is 6.62. The van der Waals surface area contributed by atoms with Crippen LogP contribution in [0.1, 0.15) is 28.8 Å². The lowest BCUT2D eigenvalue weighted by Crippen LogP contribution is -2.39. The number of amides is 1. The molecule has 1 aromatic carbocycles. The van der Waals surface area contributed by atoms with Crippen LogP contribution in [0.5, 0.6) is 5.75 Å². The molecular formula is C20H24N2O3. The summed E-state index contributed by atoms with van der Waals surface area (Å²) in [5.74, 6) is 1.43. The first kappa shape index (κ1) is 17.3. The molecule has 25 heavy (non-hydrogen) atoms. The summed E-state index contributed by atoms with van der Waals surface area (Å²) in [6, 6.07) is 11.2. The molecule has 5 heteroatoms. The van der Waals surface area contributed by atoms with Crippen molar-refractivity contribution in [1.82, 2.24) is 9.47 Å². The van der Waals surface area contributed by atoms with Crippen molar-refractivity contribution in [2.24, 2.45) is 13.0 Å². The van der Waals surface area contributed by atoms with Gasteiger partial charge in [-0.1, -0.05) is 18.2 Å². The fourth-order valence-electron chi connectivity index (χ4n) is 3.39. The lowest BCUT2D eigenvalue weighted by molar-refractivity contribution is 0.0690. The van der Waals surface area contributed by atoms with Crippen LogP contribution in [0.25, 0.3) is 0 Å². The lowest BCUT2D eigenvalue weighted by Gasteiger charge is -2.32. The van der Waals surface area contributed by atoms with Crippen molar-refractivity contribution in [3.8, 4) is 5.75 Å². The van der Waals surface area contributed by atoms with Crippen LogP contribution in [0, 0.1) is 5.92 Å². The Morgan fingerprint density at radius 2 is 1.92 bits per heavy atom. The third-order valence-electron chi connectivity index (χ3n) is 4.95. The van der Waals surface area contributed by atoms with Crippen LogP contribution in [-0.4, -0.2) is 35.6 Å². The molecule has 0 spiro atoms. The van der Waals surface area contributed by atoms with Crippen LogP contribution >= 0.6 is 0 Å². The summed E-state index contributed by atoms with van der Waals surface area (Å²) in [5, 5.41) is 0. The molecule has 0 N–H and O–H groups in total. The van der Waals surface area contributed by atoms with E-state index in [-0.39, 0.29) is 11.5 Å². The molecule has 1 amide bonds. The number of aryl methyl sites for hydroxylation is 1. The molecular weight excluding hydrogens is 316 g/mol. The average molecular weight is 340 g/mol. The van der Waals surface area contributed by atoms with Gasteiger partial charge < -0.3 is 14.2 Å². The molecule has 0 saturated carbocycles. The minimum atomic E-state index is -0.156. The summed E-state index contributed by atoms with van der Waals surface area (Å²) in [6.45, 7) is 1.46. The largest absolute Gasteiger partial charge is 0.496 e. The number of nitrogens with zero attached hydrogens (tertiary/aromatic N) is 2. The number of piperidine rings is 1. The molecule has 2 heterocycles. The smallest absolute Gasteiger partial charge is 0.254 e. The minimum Gasteiger partial charge on any atom is -0.496 e. The second kappa shape index (κ2) is 7.55. The molecule has 1 fully saturated rings. The molecule has 0 atom stereocenters. The van der Waals surface area contributed by atoms with E-state index in [2.05, 4.69) is 6.07 Å². The zero-order chi connectivity index (χ0) is 17.8. The molecule has 0 unspecified atom stereocenters. The maximum absolute atomic E-state index is 12.6. The Hall–Kier alpha value is -2.56. The number of methoxy groups -OCH3 is 1. The fraction of sp³-hybridized carbons (Fsp3) is 0.400. The van der Waals surface area contributed by atoms with Gasteiger partial charge in [0.15, 0.2) is 0 Å². The molecule has 0 bridgehead atoms. The van der Waals surface area contributed by atoms with E-state index >= 15 is 0 Å². The number of hydrogen-bond donors (Lipinski definition) is 0. The zero-order valence-electron chi connectivity index (χ0n) is 14.8. The number of pyridine rings is 1. The first-order chi connectivity index (χ1) is 12.1. The number of ether oxygens (including phenoxy) is 1. The number of benzene rings is 1. The molecule has 0 radical (unpaired) electrons. The molecule has 2 aromatic rings. The van der Waals surface area contributed by atoms with Gasteiger partial charge in [-0.05, 0) is 42.9 Å². The Balaban J connectivity index is 1.60. The number of carbonyl (C=O) groups excluding carboxylic acids is 1. The van der Waals surface area contributed by atoms with E-state index in [9.17, 15) is 9.59 Å². The topological polar surface area (TPSA) is 51.5 Å². The van der Waals surface area contributed by atoms with Gasteiger partial charge in [-0.15, -0.1) is 0 Å². The fourth-order valence-corrected chi connectivity index (χ4v) is 3.39. The predicted octanol–water partition coefficient (Wildman–Crippen LogP) is 2.49. The quantitative estimate of drug-likeness (QED) is 0.859. The SMILES string of the molecule is COc1ccccc1CC1CCN(C(=O)c2ccn(C)c(=O)c2)CC1. The Morgan fingerprint density at radius 3 is 2.60 bits per heavy atom. The van der Waals surface area contributed by atoms with Gasteiger partial charge in [-0.2, -0.15) is 0 Å². The highest BCUT2D eigenvalue weighted by Gasteiger charge is 2.24. The van der Waals surface area contributed by atoms with E-state index in [0.717, 1.165) is 38.1 Å². The van der Waals surface area contributed by atoms with Gasteiger partial charge in [0.1, 0.15) is 5.75 Å². The van der Waals surface area contributed by atoms with Crippen LogP contribution in [0.3, 0.4) is 0 Å². The number of likely N-dealkylation sites (tertiary alicyclic amines) is 1. The van der Waals surface area contributed by atoms with Crippen molar-refractivity contribution < 1.29 is 9.53 Å².